The van der Waals surface area contributed by atoms with E-state index in [9.17, 15) is 14.4 Å². The second kappa shape index (κ2) is 9.09. The Morgan fingerprint density at radius 1 is 1.03 bits per heavy atom. The van der Waals surface area contributed by atoms with Crippen LogP contribution in [0.25, 0.3) is 11.0 Å². The Morgan fingerprint density at radius 2 is 1.74 bits per heavy atom. The quantitative estimate of drug-likeness (QED) is 0.618. The molecule has 1 aliphatic rings. The number of Topliss-reactive ketones (excluding diaryl/α,β-unsaturated/α-hetero) is 1. The molecule has 0 aliphatic carbocycles. The Kier molecular flexibility index (Phi) is 6.08. The van der Waals surface area contributed by atoms with E-state index in [-0.39, 0.29) is 30.6 Å². The molecule has 0 bridgehead atoms. The molecule has 8 nitrogen and oxygen atoms in total. The van der Waals surface area contributed by atoms with E-state index < -0.39 is 0 Å². The highest BCUT2D eigenvalue weighted by Gasteiger charge is 2.21. The number of ketones is 1. The van der Waals surface area contributed by atoms with Gasteiger partial charge in [0.2, 0.25) is 11.8 Å². The molecule has 0 spiro atoms. The number of morpholine rings is 1. The Morgan fingerprint density at radius 3 is 2.45 bits per heavy atom. The van der Waals surface area contributed by atoms with Crippen LogP contribution in [-0.4, -0.2) is 58.4 Å². The summed E-state index contributed by atoms with van der Waals surface area (Å²) in [6.45, 7) is 3.73. The maximum atomic E-state index is 12.7. The van der Waals surface area contributed by atoms with Crippen LogP contribution in [0.3, 0.4) is 0 Å². The summed E-state index contributed by atoms with van der Waals surface area (Å²) in [5.41, 5.74) is 2.73. The van der Waals surface area contributed by atoms with Gasteiger partial charge in [0.25, 0.3) is 0 Å². The van der Waals surface area contributed by atoms with Crippen LogP contribution in [0.4, 0.5) is 5.69 Å². The molecule has 3 aromatic rings. The maximum Gasteiger partial charge on any atom is 0.244 e. The average Bonchev–Trinajstić information content (AvgIpc) is 3.11. The van der Waals surface area contributed by atoms with E-state index in [1.165, 1.54) is 6.92 Å². The Labute approximate surface area is 179 Å². The van der Waals surface area contributed by atoms with E-state index in [0.29, 0.717) is 43.4 Å². The number of aromatic nitrogens is 2. The van der Waals surface area contributed by atoms with E-state index >= 15 is 0 Å². The molecule has 1 fully saturated rings. The number of amides is 2. The summed E-state index contributed by atoms with van der Waals surface area (Å²) in [6, 6.07) is 14.3. The lowest BCUT2D eigenvalue weighted by molar-refractivity contribution is -0.134. The molecule has 4 rings (SSSR count). The minimum absolute atomic E-state index is 0.0277. The van der Waals surface area contributed by atoms with Gasteiger partial charge in [-0.05, 0) is 43.3 Å². The third kappa shape index (κ3) is 4.80. The van der Waals surface area contributed by atoms with Gasteiger partial charge < -0.3 is 19.5 Å². The summed E-state index contributed by atoms with van der Waals surface area (Å²) >= 11 is 0. The van der Waals surface area contributed by atoms with Gasteiger partial charge in [0.05, 0.1) is 30.7 Å². The first-order chi connectivity index (χ1) is 15.0. The number of benzene rings is 2. The molecule has 1 aromatic heterocycles. The highest BCUT2D eigenvalue weighted by molar-refractivity contribution is 5.96. The van der Waals surface area contributed by atoms with Crippen molar-refractivity contribution < 1.29 is 19.1 Å². The standard InChI is InChI=1S/C23H24N4O4/c1-16(28)17-6-8-18(9-7-17)24-22(29)15-27-20-5-3-2-4-19(20)25-21(27)14-23(30)26-10-12-31-13-11-26/h2-9H,10-15H2,1H3,(H,24,29). The highest BCUT2D eigenvalue weighted by atomic mass is 16.5. The number of imidazole rings is 1. The lowest BCUT2D eigenvalue weighted by Gasteiger charge is -2.26. The third-order valence-corrected chi connectivity index (χ3v) is 5.28. The van der Waals surface area contributed by atoms with Crippen LogP contribution in [0.15, 0.2) is 48.5 Å². The molecule has 2 aromatic carbocycles. The van der Waals surface area contributed by atoms with Crippen LogP contribution in [-0.2, 0) is 27.3 Å². The second-order valence-corrected chi connectivity index (χ2v) is 7.45. The number of rotatable bonds is 6. The van der Waals surface area contributed by atoms with Gasteiger partial charge >= 0.3 is 0 Å². The number of hydrogen-bond acceptors (Lipinski definition) is 5. The molecule has 0 unspecified atom stereocenters. The molecule has 2 amide bonds. The Bertz CT molecular complexity index is 1110. The zero-order valence-electron chi connectivity index (χ0n) is 17.3. The number of fused-ring (bicyclic) bond motifs is 1. The lowest BCUT2D eigenvalue weighted by atomic mass is 10.1. The summed E-state index contributed by atoms with van der Waals surface area (Å²) in [6.07, 6.45) is 0.120. The third-order valence-electron chi connectivity index (χ3n) is 5.28. The van der Waals surface area contributed by atoms with Crippen molar-refractivity contribution in [3.8, 4) is 0 Å². The number of anilines is 1. The van der Waals surface area contributed by atoms with Crippen molar-refractivity contribution in [3.05, 3.63) is 59.9 Å². The zero-order valence-corrected chi connectivity index (χ0v) is 17.3. The topological polar surface area (TPSA) is 93.5 Å². The van der Waals surface area contributed by atoms with Gasteiger partial charge in [-0.1, -0.05) is 12.1 Å². The first-order valence-electron chi connectivity index (χ1n) is 10.2. The van der Waals surface area contributed by atoms with E-state index in [0.717, 1.165) is 11.0 Å². The minimum Gasteiger partial charge on any atom is -0.378 e. The highest BCUT2D eigenvalue weighted by Crippen LogP contribution is 2.18. The number of nitrogens with one attached hydrogen (secondary N) is 1. The number of carbonyl (C=O) groups excluding carboxylic acids is 3. The number of hydrogen-bond donors (Lipinski definition) is 1. The van der Waals surface area contributed by atoms with E-state index in [2.05, 4.69) is 10.3 Å². The SMILES string of the molecule is CC(=O)c1ccc(NC(=O)Cn2c(CC(=O)N3CCOCC3)nc3ccccc32)cc1. The van der Waals surface area contributed by atoms with Gasteiger partial charge in [0.1, 0.15) is 12.4 Å². The van der Waals surface area contributed by atoms with Crippen LogP contribution in [0.1, 0.15) is 23.1 Å². The first kappa shape index (κ1) is 20.7. The van der Waals surface area contributed by atoms with Crippen molar-refractivity contribution in [3.63, 3.8) is 0 Å². The fourth-order valence-corrected chi connectivity index (χ4v) is 3.63. The lowest BCUT2D eigenvalue weighted by Crippen LogP contribution is -2.41. The Hall–Kier alpha value is -3.52. The van der Waals surface area contributed by atoms with Crippen LogP contribution in [0.2, 0.25) is 0 Å². The van der Waals surface area contributed by atoms with Crippen LogP contribution < -0.4 is 5.32 Å². The number of nitrogens with zero attached hydrogens (tertiary/aromatic N) is 3. The Balaban J connectivity index is 1.52. The average molecular weight is 420 g/mol. The molecule has 31 heavy (non-hydrogen) atoms. The molecule has 0 saturated carbocycles. The van der Waals surface area contributed by atoms with Gasteiger partial charge in [-0.2, -0.15) is 0 Å². The van der Waals surface area contributed by atoms with Crippen molar-refractivity contribution >= 4 is 34.3 Å². The zero-order chi connectivity index (χ0) is 21.8. The van der Waals surface area contributed by atoms with Gasteiger partial charge in [0.15, 0.2) is 5.78 Å². The van der Waals surface area contributed by atoms with Gasteiger partial charge in [-0.3, -0.25) is 14.4 Å². The number of carbonyl (C=O) groups is 3. The monoisotopic (exact) mass is 420 g/mol. The molecule has 0 radical (unpaired) electrons. The first-order valence-corrected chi connectivity index (χ1v) is 10.2. The summed E-state index contributed by atoms with van der Waals surface area (Å²) < 4.78 is 7.10. The summed E-state index contributed by atoms with van der Waals surface area (Å²) in [5.74, 6) is 0.260. The van der Waals surface area contributed by atoms with E-state index in [1.807, 2.05) is 24.3 Å². The smallest absolute Gasteiger partial charge is 0.244 e. The molecular weight excluding hydrogens is 396 g/mol. The van der Waals surface area contributed by atoms with Gasteiger partial charge in [0, 0.05) is 24.3 Å². The van der Waals surface area contributed by atoms with Crippen molar-refractivity contribution in [2.75, 3.05) is 31.6 Å². The maximum absolute atomic E-state index is 12.7. The molecule has 160 valence electrons. The molecule has 1 N–H and O–H groups in total. The molecule has 0 atom stereocenters. The summed E-state index contributed by atoms with van der Waals surface area (Å²) in [4.78, 5) is 43.3. The van der Waals surface area contributed by atoms with E-state index in [1.54, 1.807) is 33.7 Å². The molecule has 1 aliphatic heterocycles. The van der Waals surface area contributed by atoms with Crippen LogP contribution in [0.5, 0.6) is 0 Å². The van der Waals surface area contributed by atoms with Crippen LogP contribution in [0, 0.1) is 0 Å². The number of ether oxygens (including phenoxy) is 1. The fourth-order valence-electron chi connectivity index (χ4n) is 3.63. The summed E-state index contributed by atoms with van der Waals surface area (Å²) in [7, 11) is 0. The van der Waals surface area contributed by atoms with Crippen LogP contribution >= 0.6 is 0 Å². The number of para-hydroxylation sites is 2. The second-order valence-electron chi connectivity index (χ2n) is 7.45. The predicted molar refractivity (Wildman–Crippen MR) is 116 cm³/mol. The minimum atomic E-state index is -0.237. The summed E-state index contributed by atoms with van der Waals surface area (Å²) in [5, 5.41) is 2.84. The molecule has 2 heterocycles. The van der Waals surface area contributed by atoms with Crippen molar-refractivity contribution in [2.24, 2.45) is 0 Å². The normalized spacial score (nSPS) is 13.9. The van der Waals surface area contributed by atoms with E-state index in [4.69, 9.17) is 4.74 Å². The molecule has 8 heteroatoms. The predicted octanol–water partition coefficient (Wildman–Crippen LogP) is 2.28. The molecule has 1 saturated heterocycles. The van der Waals surface area contributed by atoms with Crippen molar-refractivity contribution in [1.82, 2.24) is 14.5 Å². The fraction of sp³-hybridized carbons (Fsp3) is 0.304. The van der Waals surface area contributed by atoms with Crippen molar-refractivity contribution in [2.45, 2.75) is 19.9 Å². The van der Waals surface area contributed by atoms with Gasteiger partial charge in [-0.25, -0.2) is 4.98 Å². The molecular formula is C23H24N4O4. The largest absolute Gasteiger partial charge is 0.378 e. The van der Waals surface area contributed by atoms with Gasteiger partial charge in [-0.15, -0.1) is 0 Å². The van der Waals surface area contributed by atoms with Crippen molar-refractivity contribution in [1.29, 1.82) is 0 Å².